The van der Waals surface area contributed by atoms with E-state index in [2.05, 4.69) is 9.69 Å². The minimum atomic E-state index is -4.27. The van der Waals surface area contributed by atoms with Crippen LogP contribution in [-0.2, 0) is 12.6 Å². The van der Waals surface area contributed by atoms with Crippen molar-refractivity contribution in [2.45, 2.75) is 25.1 Å². The summed E-state index contributed by atoms with van der Waals surface area (Å²) in [5.74, 6) is 0. The number of alkyl halides is 3. The predicted molar refractivity (Wildman–Crippen MR) is 68.2 cm³/mol. The Morgan fingerprint density at radius 3 is 2.84 bits per heavy atom. The van der Waals surface area contributed by atoms with Crippen molar-refractivity contribution in [1.82, 2.24) is 4.37 Å². The third kappa shape index (κ3) is 2.45. The number of aryl methyl sites for hydroxylation is 1. The van der Waals surface area contributed by atoms with E-state index >= 15 is 0 Å². The highest BCUT2D eigenvalue weighted by Crippen LogP contribution is 2.38. The Labute approximate surface area is 112 Å². The van der Waals surface area contributed by atoms with Crippen molar-refractivity contribution in [3.05, 3.63) is 46.5 Å². The molecular weight excluding hydrogens is 273 g/mol. The van der Waals surface area contributed by atoms with E-state index in [4.69, 9.17) is 0 Å². The molecule has 3 rings (SSSR count). The van der Waals surface area contributed by atoms with Crippen LogP contribution in [0.5, 0.6) is 0 Å². The largest absolute Gasteiger partial charge is 0.416 e. The Hall–Kier alpha value is -1.56. The van der Waals surface area contributed by atoms with Crippen LogP contribution in [0.25, 0.3) is 0 Å². The molecule has 0 aliphatic heterocycles. The van der Waals surface area contributed by atoms with E-state index < -0.39 is 11.7 Å². The lowest BCUT2D eigenvalue weighted by atomic mass is 10.0. The van der Waals surface area contributed by atoms with Crippen LogP contribution in [0.3, 0.4) is 0 Å². The molecule has 1 aromatic heterocycles. The van der Waals surface area contributed by atoms with Gasteiger partial charge in [-0.05, 0) is 47.6 Å². The van der Waals surface area contributed by atoms with Gasteiger partial charge in [-0.3, -0.25) is 0 Å². The average Bonchev–Trinajstić information content (AvgIpc) is 2.98. The van der Waals surface area contributed by atoms with E-state index in [9.17, 15) is 13.2 Å². The molecular formula is C13H11F3N2S. The van der Waals surface area contributed by atoms with Crippen LogP contribution in [-0.4, -0.2) is 4.37 Å². The Kier molecular flexibility index (Phi) is 2.97. The first-order chi connectivity index (χ1) is 9.04. The highest BCUT2D eigenvalue weighted by Gasteiger charge is 2.32. The van der Waals surface area contributed by atoms with E-state index in [-0.39, 0.29) is 6.04 Å². The van der Waals surface area contributed by atoms with Crippen molar-refractivity contribution in [2.75, 3.05) is 5.32 Å². The molecule has 1 aliphatic rings. The fourth-order valence-corrected chi connectivity index (χ4v) is 2.90. The molecule has 0 saturated carbocycles. The van der Waals surface area contributed by atoms with Gasteiger partial charge >= 0.3 is 6.18 Å². The number of hydrogen-bond acceptors (Lipinski definition) is 3. The molecule has 1 N–H and O–H groups in total. The van der Waals surface area contributed by atoms with E-state index in [1.807, 2.05) is 5.38 Å². The lowest BCUT2D eigenvalue weighted by Gasteiger charge is -2.14. The second kappa shape index (κ2) is 4.52. The Morgan fingerprint density at radius 1 is 1.32 bits per heavy atom. The fraction of sp³-hybridized carbons (Fsp3) is 0.308. The predicted octanol–water partition coefficient (Wildman–Crippen LogP) is 4.26. The van der Waals surface area contributed by atoms with Gasteiger partial charge in [0.15, 0.2) is 0 Å². The maximum absolute atomic E-state index is 12.6. The number of rotatable bonds is 2. The van der Waals surface area contributed by atoms with Crippen molar-refractivity contribution in [3.8, 4) is 0 Å². The van der Waals surface area contributed by atoms with E-state index in [1.165, 1.54) is 17.6 Å². The lowest BCUT2D eigenvalue weighted by molar-refractivity contribution is -0.137. The molecule has 0 spiro atoms. The zero-order chi connectivity index (χ0) is 13.5. The Morgan fingerprint density at radius 2 is 2.16 bits per heavy atom. The highest BCUT2D eigenvalue weighted by molar-refractivity contribution is 7.04. The van der Waals surface area contributed by atoms with Crippen LogP contribution in [0.4, 0.5) is 18.9 Å². The average molecular weight is 284 g/mol. The van der Waals surface area contributed by atoms with Crippen LogP contribution in [0.1, 0.15) is 29.2 Å². The second-order valence-electron chi connectivity index (χ2n) is 4.56. The van der Waals surface area contributed by atoms with Gasteiger partial charge in [0.05, 0.1) is 23.5 Å². The first-order valence-electron chi connectivity index (χ1n) is 5.90. The highest BCUT2D eigenvalue weighted by atomic mass is 32.1. The quantitative estimate of drug-likeness (QED) is 0.891. The third-order valence-electron chi connectivity index (χ3n) is 3.32. The molecule has 0 saturated heterocycles. The van der Waals surface area contributed by atoms with E-state index in [1.54, 1.807) is 12.3 Å². The molecule has 0 radical (unpaired) electrons. The van der Waals surface area contributed by atoms with Crippen molar-refractivity contribution in [3.63, 3.8) is 0 Å². The molecule has 1 atom stereocenters. The first-order valence-corrected chi connectivity index (χ1v) is 6.73. The van der Waals surface area contributed by atoms with Gasteiger partial charge in [-0.2, -0.15) is 17.5 Å². The standard InChI is InChI=1S/C13H11F3N2S/c14-13(15,16)9-2-3-11-8(5-9)1-4-12(11)18-10-6-17-19-7-10/h2-3,5-7,12,18H,1,4H2/t12-/m1/s1. The van der Waals surface area contributed by atoms with Crippen LogP contribution in [0.15, 0.2) is 29.8 Å². The summed E-state index contributed by atoms with van der Waals surface area (Å²) in [4.78, 5) is 0. The second-order valence-corrected chi connectivity index (χ2v) is 5.22. The van der Waals surface area contributed by atoms with Gasteiger partial charge < -0.3 is 5.32 Å². The summed E-state index contributed by atoms with van der Waals surface area (Å²) in [6, 6.07) is 4.09. The molecule has 19 heavy (non-hydrogen) atoms. The van der Waals surface area contributed by atoms with Gasteiger partial charge in [0.2, 0.25) is 0 Å². The zero-order valence-corrected chi connectivity index (χ0v) is 10.7. The number of fused-ring (bicyclic) bond motifs is 1. The molecule has 1 heterocycles. The first kappa shape index (κ1) is 12.5. The minimum Gasteiger partial charge on any atom is -0.376 e. The molecule has 0 fully saturated rings. The Bertz CT molecular complexity index is 578. The summed E-state index contributed by atoms with van der Waals surface area (Å²) in [6.45, 7) is 0. The van der Waals surface area contributed by atoms with Crippen molar-refractivity contribution >= 4 is 17.2 Å². The molecule has 0 bridgehead atoms. The van der Waals surface area contributed by atoms with Gasteiger partial charge in [-0.1, -0.05) is 6.07 Å². The maximum atomic E-state index is 12.6. The SMILES string of the molecule is FC(F)(F)c1ccc2c(c1)CC[C@H]2Nc1cnsc1. The molecule has 6 heteroatoms. The lowest BCUT2D eigenvalue weighted by Crippen LogP contribution is -2.08. The van der Waals surface area contributed by atoms with Crippen LogP contribution in [0.2, 0.25) is 0 Å². The van der Waals surface area contributed by atoms with E-state index in [0.29, 0.717) is 6.42 Å². The van der Waals surface area contributed by atoms with Crippen LogP contribution in [0, 0.1) is 0 Å². The number of hydrogen-bond donors (Lipinski definition) is 1. The number of benzene rings is 1. The summed E-state index contributed by atoms with van der Waals surface area (Å²) < 4.78 is 41.9. The van der Waals surface area contributed by atoms with Gasteiger partial charge in [0, 0.05) is 5.38 Å². The van der Waals surface area contributed by atoms with Crippen molar-refractivity contribution < 1.29 is 13.2 Å². The number of nitrogens with one attached hydrogen (secondary N) is 1. The summed E-state index contributed by atoms with van der Waals surface area (Å²) in [5, 5.41) is 5.19. The summed E-state index contributed by atoms with van der Waals surface area (Å²) in [6.07, 6.45) is -1.05. The smallest absolute Gasteiger partial charge is 0.376 e. The van der Waals surface area contributed by atoms with Crippen molar-refractivity contribution in [1.29, 1.82) is 0 Å². The molecule has 0 unspecified atom stereocenters. The number of anilines is 1. The monoisotopic (exact) mass is 284 g/mol. The summed E-state index contributed by atoms with van der Waals surface area (Å²) >= 11 is 1.35. The van der Waals surface area contributed by atoms with Gasteiger partial charge in [0.1, 0.15) is 0 Å². The Balaban J connectivity index is 1.85. The number of halogens is 3. The molecule has 100 valence electrons. The zero-order valence-electron chi connectivity index (χ0n) is 9.87. The van der Waals surface area contributed by atoms with Gasteiger partial charge in [-0.25, -0.2) is 0 Å². The summed E-state index contributed by atoms with van der Waals surface area (Å²) in [5.41, 5.74) is 2.10. The maximum Gasteiger partial charge on any atom is 0.416 e. The van der Waals surface area contributed by atoms with Crippen molar-refractivity contribution in [2.24, 2.45) is 0 Å². The summed E-state index contributed by atoms with van der Waals surface area (Å²) in [7, 11) is 0. The molecule has 1 aliphatic carbocycles. The minimum absolute atomic E-state index is 0.0775. The normalized spacial score (nSPS) is 18.4. The fourth-order valence-electron chi connectivity index (χ4n) is 2.42. The molecule has 2 aromatic rings. The van der Waals surface area contributed by atoms with Gasteiger partial charge in [-0.15, -0.1) is 0 Å². The topological polar surface area (TPSA) is 24.9 Å². The van der Waals surface area contributed by atoms with Crippen LogP contribution < -0.4 is 5.32 Å². The third-order valence-corrected chi connectivity index (χ3v) is 3.91. The van der Waals surface area contributed by atoms with E-state index in [0.717, 1.165) is 29.3 Å². The molecule has 1 aromatic carbocycles. The molecule has 0 amide bonds. The van der Waals surface area contributed by atoms with Gasteiger partial charge in [0.25, 0.3) is 0 Å². The molecule has 2 nitrogen and oxygen atoms in total. The van der Waals surface area contributed by atoms with Crippen LogP contribution >= 0.6 is 11.5 Å². The number of aromatic nitrogens is 1. The number of nitrogens with zero attached hydrogens (tertiary/aromatic N) is 1.